The molecular formula is C11H14N3O+. The minimum absolute atomic E-state index is 0.601. The van der Waals surface area contributed by atoms with Crippen LogP contribution < -0.4 is 4.90 Å². The first-order chi connectivity index (χ1) is 7.31. The molecule has 2 rings (SSSR count). The molecule has 0 aliphatic carbocycles. The van der Waals surface area contributed by atoms with Crippen LogP contribution in [0.25, 0.3) is 4.98 Å². The lowest BCUT2D eigenvalue weighted by atomic mass is 10.1. The maximum atomic E-state index is 8.65. The van der Waals surface area contributed by atoms with Crippen molar-refractivity contribution >= 4 is 11.4 Å². The van der Waals surface area contributed by atoms with Crippen LogP contribution >= 0.6 is 0 Å². The van der Waals surface area contributed by atoms with E-state index in [2.05, 4.69) is 9.88 Å². The lowest BCUT2D eigenvalue weighted by molar-refractivity contribution is 0.122. The fourth-order valence-corrected chi connectivity index (χ4v) is 1.86. The number of benzene rings is 1. The van der Waals surface area contributed by atoms with Gasteiger partial charge in [0.15, 0.2) is 4.98 Å². The van der Waals surface area contributed by atoms with E-state index >= 15 is 0 Å². The molecule has 0 bridgehead atoms. The molecule has 0 saturated carbocycles. The van der Waals surface area contributed by atoms with Crippen LogP contribution in [0.1, 0.15) is 5.56 Å². The van der Waals surface area contributed by atoms with E-state index in [9.17, 15) is 0 Å². The summed E-state index contributed by atoms with van der Waals surface area (Å²) in [6.07, 6.45) is 0. The van der Waals surface area contributed by atoms with Crippen molar-refractivity contribution in [2.75, 3.05) is 31.2 Å². The van der Waals surface area contributed by atoms with E-state index in [1.165, 1.54) is 5.69 Å². The Morgan fingerprint density at radius 1 is 1.33 bits per heavy atom. The molecular weight excluding hydrogens is 190 g/mol. The first-order valence-corrected chi connectivity index (χ1v) is 5.10. The second-order valence-corrected chi connectivity index (χ2v) is 3.67. The predicted octanol–water partition coefficient (Wildman–Crippen LogP) is 2.32. The molecule has 1 fully saturated rings. The molecule has 0 radical (unpaired) electrons. The van der Waals surface area contributed by atoms with Gasteiger partial charge in [0.25, 0.3) is 0 Å². The Balaban J connectivity index is 2.24. The molecule has 1 aromatic carbocycles. The average molecular weight is 204 g/mol. The van der Waals surface area contributed by atoms with E-state index in [0.717, 1.165) is 31.9 Å². The molecule has 1 aliphatic heterocycles. The summed E-state index contributed by atoms with van der Waals surface area (Å²) >= 11 is 0. The zero-order valence-corrected chi connectivity index (χ0v) is 8.81. The number of ether oxygens (including phenoxy) is 1. The minimum atomic E-state index is 0.601. The van der Waals surface area contributed by atoms with Crippen LogP contribution in [0, 0.1) is 12.3 Å². The van der Waals surface area contributed by atoms with Gasteiger partial charge in [-0.3, -0.25) is 0 Å². The summed E-state index contributed by atoms with van der Waals surface area (Å²) in [7, 11) is 0. The summed E-state index contributed by atoms with van der Waals surface area (Å²) in [6, 6.07) is 5.69. The molecule has 4 heteroatoms. The lowest BCUT2D eigenvalue weighted by Gasteiger charge is -2.29. The van der Waals surface area contributed by atoms with Crippen molar-refractivity contribution < 1.29 is 4.74 Å². The summed E-state index contributed by atoms with van der Waals surface area (Å²) in [5, 5.41) is 8.65. The van der Waals surface area contributed by atoms with Crippen LogP contribution in [0.2, 0.25) is 0 Å². The number of aryl methyl sites for hydroxylation is 1. The zero-order chi connectivity index (χ0) is 10.7. The Kier molecular flexibility index (Phi) is 2.84. The highest BCUT2D eigenvalue weighted by molar-refractivity contribution is 5.60. The van der Waals surface area contributed by atoms with Gasteiger partial charge in [0.05, 0.1) is 13.2 Å². The molecule has 1 aliphatic rings. The monoisotopic (exact) mass is 204 g/mol. The molecule has 0 atom stereocenters. The molecule has 0 unspecified atom stereocenters. The number of diazo groups is 1. The number of rotatable bonds is 1. The minimum Gasteiger partial charge on any atom is -0.378 e. The summed E-state index contributed by atoms with van der Waals surface area (Å²) in [5.41, 5.74) is 2.93. The van der Waals surface area contributed by atoms with Crippen LogP contribution in [-0.4, -0.2) is 26.3 Å². The van der Waals surface area contributed by atoms with Crippen LogP contribution in [0.3, 0.4) is 0 Å². The van der Waals surface area contributed by atoms with Gasteiger partial charge in [-0.15, -0.1) is 0 Å². The largest absolute Gasteiger partial charge is 0.385 e. The van der Waals surface area contributed by atoms with Gasteiger partial charge >= 0.3 is 5.69 Å². The summed E-state index contributed by atoms with van der Waals surface area (Å²) < 4.78 is 5.31. The Bertz CT molecular complexity index is 391. The van der Waals surface area contributed by atoms with Gasteiger partial charge in [-0.25, -0.2) is 0 Å². The molecule has 0 aromatic heterocycles. The standard InChI is InChI=1S/C11H14N3O/c1-9-8-10(13-12)2-3-11(9)14-4-6-15-7-5-14/h2-3,8H,4-7H2,1H3/q+1. The number of anilines is 1. The van der Waals surface area contributed by atoms with Gasteiger partial charge in [0.1, 0.15) is 0 Å². The van der Waals surface area contributed by atoms with Crippen molar-refractivity contribution in [2.45, 2.75) is 6.92 Å². The first-order valence-electron chi connectivity index (χ1n) is 5.10. The normalized spacial score (nSPS) is 16.1. The lowest BCUT2D eigenvalue weighted by Crippen LogP contribution is -2.36. The molecule has 0 N–H and O–H groups in total. The fourth-order valence-electron chi connectivity index (χ4n) is 1.86. The van der Waals surface area contributed by atoms with E-state index in [-0.39, 0.29) is 0 Å². The molecule has 78 valence electrons. The van der Waals surface area contributed by atoms with E-state index in [4.69, 9.17) is 10.1 Å². The maximum Gasteiger partial charge on any atom is 0.385 e. The van der Waals surface area contributed by atoms with Crippen molar-refractivity contribution in [3.05, 3.63) is 28.7 Å². The molecule has 0 amide bonds. The second kappa shape index (κ2) is 4.28. The summed E-state index contributed by atoms with van der Waals surface area (Å²) in [5.74, 6) is 0. The van der Waals surface area contributed by atoms with Crippen molar-refractivity contribution in [2.24, 2.45) is 0 Å². The Morgan fingerprint density at radius 2 is 2.07 bits per heavy atom. The Morgan fingerprint density at radius 3 is 2.67 bits per heavy atom. The van der Waals surface area contributed by atoms with Crippen molar-refractivity contribution in [3.63, 3.8) is 0 Å². The molecule has 1 heterocycles. The number of hydrogen-bond acceptors (Lipinski definition) is 3. The third kappa shape index (κ3) is 2.08. The van der Waals surface area contributed by atoms with Gasteiger partial charge in [-0.2, -0.15) is 0 Å². The van der Waals surface area contributed by atoms with Crippen LogP contribution in [0.4, 0.5) is 11.4 Å². The highest BCUT2D eigenvalue weighted by atomic mass is 16.5. The molecule has 15 heavy (non-hydrogen) atoms. The van der Waals surface area contributed by atoms with Gasteiger partial charge in [-0.05, 0) is 18.6 Å². The number of hydrogen-bond donors (Lipinski definition) is 0. The smallest absolute Gasteiger partial charge is 0.378 e. The maximum absolute atomic E-state index is 8.65. The van der Waals surface area contributed by atoms with Gasteiger partial charge in [0, 0.05) is 30.9 Å². The Hall–Kier alpha value is -1.60. The first kappa shape index (κ1) is 9.94. The average Bonchev–Trinajstić information content (AvgIpc) is 2.30. The van der Waals surface area contributed by atoms with Crippen molar-refractivity contribution in [3.8, 4) is 0 Å². The van der Waals surface area contributed by atoms with E-state index in [1.807, 2.05) is 25.1 Å². The van der Waals surface area contributed by atoms with E-state index in [0.29, 0.717) is 5.69 Å². The summed E-state index contributed by atoms with van der Waals surface area (Å²) in [6.45, 7) is 5.45. The van der Waals surface area contributed by atoms with Crippen molar-refractivity contribution in [1.29, 1.82) is 5.39 Å². The molecule has 4 nitrogen and oxygen atoms in total. The molecule has 1 aromatic rings. The highest BCUT2D eigenvalue weighted by Crippen LogP contribution is 2.25. The fraction of sp³-hybridized carbons (Fsp3) is 0.455. The quantitative estimate of drug-likeness (QED) is 0.659. The van der Waals surface area contributed by atoms with Crippen LogP contribution in [-0.2, 0) is 4.74 Å². The predicted molar refractivity (Wildman–Crippen MR) is 59.0 cm³/mol. The van der Waals surface area contributed by atoms with Gasteiger partial charge < -0.3 is 9.64 Å². The topological polar surface area (TPSA) is 40.6 Å². The number of nitrogens with zero attached hydrogens (tertiary/aromatic N) is 3. The van der Waals surface area contributed by atoms with Gasteiger partial charge in [-0.1, -0.05) is 0 Å². The second-order valence-electron chi connectivity index (χ2n) is 3.67. The van der Waals surface area contributed by atoms with Gasteiger partial charge in [0.2, 0.25) is 5.39 Å². The third-order valence-corrected chi connectivity index (χ3v) is 2.65. The van der Waals surface area contributed by atoms with Crippen molar-refractivity contribution in [1.82, 2.24) is 0 Å². The van der Waals surface area contributed by atoms with E-state index in [1.54, 1.807) is 0 Å². The van der Waals surface area contributed by atoms with E-state index < -0.39 is 0 Å². The Labute approximate surface area is 89.1 Å². The highest BCUT2D eigenvalue weighted by Gasteiger charge is 2.15. The molecule has 1 saturated heterocycles. The SMILES string of the molecule is Cc1cc([N+]#N)ccc1N1CCOCC1. The van der Waals surface area contributed by atoms with Crippen LogP contribution in [0.5, 0.6) is 0 Å². The van der Waals surface area contributed by atoms with Crippen LogP contribution in [0.15, 0.2) is 18.2 Å². The summed E-state index contributed by atoms with van der Waals surface area (Å²) in [4.78, 5) is 5.47. The molecule has 0 spiro atoms. The zero-order valence-electron chi connectivity index (χ0n) is 8.81. The number of morpholine rings is 1. The third-order valence-electron chi connectivity index (χ3n) is 2.65.